The molecule has 4 nitrogen and oxygen atoms in total. The number of nitrogens with zero attached hydrogens (tertiary/aromatic N) is 1. The van der Waals surface area contributed by atoms with Crippen LogP contribution in [0.4, 0.5) is 8.78 Å². The van der Waals surface area contributed by atoms with Gasteiger partial charge in [0.25, 0.3) is 0 Å². The zero-order valence-electron chi connectivity index (χ0n) is 12.4. The van der Waals surface area contributed by atoms with E-state index < -0.39 is 6.61 Å². The van der Waals surface area contributed by atoms with E-state index in [1.54, 1.807) is 12.1 Å². The molecule has 1 aromatic carbocycles. The zero-order chi connectivity index (χ0) is 15.4. The molecule has 1 heterocycles. The third-order valence-electron chi connectivity index (χ3n) is 3.88. The first-order chi connectivity index (χ1) is 9.99. The van der Waals surface area contributed by atoms with Crippen molar-refractivity contribution in [2.45, 2.75) is 45.0 Å². The van der Waals surface area contributed by atoms with Crippen LogP contribution in [0.15, 0.2) is 18.2 Å². The molecule has 21 heavy (non-hydrogen) atoms. The Labute approximate surface area is 123 Å². The first-order valence-corrected chi connectivity index (χ1v) is 7.11. The van der Waals surface area contributed by atoms with Crippen LogP contribution in [-0.2, 0) is 6.54 Å². The van der Waals surface area contributed by atoms with Gasteiger partial charge in [-0.15, -0.1) is 0 Å². The van der Waals surface area contributed by atoms with E-state index in [0.717, 1.165) is 24.9 Å². The number of alkyl halides is 2. The van der Waals surface area contributed by atoms with Gasteiger partial charge in [-0.05, 0) is 37.5 Å². The predicted molar refractivity (Wildman–Crippen MR) is 76.7 cm³/mol. The maximum Gasteiger partial charge on any atom is 0.387 e. The summed E-state index contributed by atoms with van der Waals surface area (Å²) in [6.07, 6.45) is 1.91. The number of halogens is 2. The van der Waals surface area contributed by atoms with Crippen LogP contribution in [0.1, 0.15) is 25.3 Å². The molecule has 2 rings (SSSR count). The molecule has 0 radical (unpaired) electrons. The fourth-order valence-electron chi connectivity index (χ4n) is 2.73. The van der Waals surface area contributed by atoms with Crippen molar-refractivity contribution in [2.75, 3.05) is 13.7 Å². The van der Waals surface area contributed by atoms with Crippen molar-refractivity contribution in [3.05, 3.63) is 23.8 Å². The highest BCUT2D eigenvalue weighted by Crippen LogP contribution is 2.30. The van der Waals surface area contributed by atoms with Crippen LogP contribution in [0.5, 0.6) is 11.5 Å². The topological polar surface area (TPSA) is 47.7 Å². The molecule has 2 N–H and O–H groups in total. The summed E-state index contributed by atoms with van der Waals surface area (Å²) >= 11 is 0. The van der Waals surface area contributed by atoms with Crippen LogP contribution in [0.25, 0.3) is 0 Å². The first-order valence-electron chi connectivity index (χ1n) is 7.11. The molecular weight excluding hydrogens is 278 g/mol. The standard InChI is InChI=1S/C15H22F2N2O2/c1-10-7-12(18)5-6-19(10)9-11-3-4-13(20-2)14(8-11)21-15(16)17/h3-4,8,10,12,15H,5-7,9,18H2,1-2H3. The summed E-state index contributed by atoms with van der Waals surface area (Å²) < 4.78 is 34.4. The zero-order valence-corrected chi connectivity index (χ0v) is 12.4. The van der Waals surface area contributed by atoms with Crippen molar-refractivity contribution < 1.29 is 18.3 Å². The van der Waals surface area contributed by atoms with E-state index in [0.29, 0.717) is 18.3 Å². The molecule has 0 bridgehead atoms. The van der Waals surface area contributed by atoms with E-state index >= 15 is 0 Å². The highest BCUT2D eigenvalue weighted by molar-refractivity contribution is 5.43. The van der Waals surface area contributed by atoms with E-state index in [2.05, 4.69) is 16.6 Å². The lowest BCUT2D eigenvalue weighted by atomic mass is 9.98. The summed E-state index contributed by atoms with van der Waals surface area (Å²) in [7, 11) is 1.43. The summed E-state index contributed by atoms with van der Waals surface area (Å²) in [5, 5.41) is 0. The van der Waals surface area contributed by atoms with Gasteiger partial charge in [-0.3, -0.25) is 4.90 Å². The average molecular weight is 300 g/mol. The molecule has 1 aliphatic rings. The monoisotopic (exact) mass is 300 g/mol. The van der Waals surface area contributed by atoms with Crippen molar-refractivity contribution in [1.82, 2.24) is 4.90 Å². The largest absolute Gasteiger partial charge is 0.493 e. The summed E-state index contributed by atoms with van der Waals surface area (Å²) in [6, 6.07) is 5.79. The third kappa shape index (κ3) is 4.28. The van der Waals surface area contributed by atoms with Crippen LogP contribution < -0.4 is 15.2 Å². The number of ether oxygens (including phenoxy) is 2. The summed E-state index contributed by atoms with van der Waals surface area (Å²) in [5.74, 6) is 0.388. The van der Waals surface area contributed by atoms with Gasteiger partial charge in [0.1, 0.15) is 0 Å². The predicted octanol–water partition coefficient (Wildman–Crippen LogP) is 2.61. The van der Waals surface area contributed by atoms with Crippen LogP contribution in [0.2, 0.25) is 0 Å². The fraction of sp³-hybridized carbons (Fsp3) is 0.600. The molecule has 118 valence electrons. The van der Waals surface area contributed by atoms with Crippen molar-refractivity contribution in [2.24, 2.45) is 5.73 Å². The molecule has 1 saturated heterocycles. The van der Waals surface area contributed by atoms with Crippen LogP contribution in [0, 0.1) is 0 Å². The van der Waals surface area contributed by atoms with Gasteiger partial charge >= 0.3 is 6.61 Å². The Balaban J connectivity index is 2.09. The van der Waals surface area contributed by atoms with Gasteiger partial charge in [0.2, 0.25) is 0 Å². The maximum atomic E-state index is 12.4. The van der Waals surface area contributed by atoms with Crippen LogP contribution in [0.3, 0.4) is 0 Å². The molecule has 1 fully saturated rings. The molecule has 2 atom stereocenters. The molecule has 1 aliphatic heterocycles. The number of benzene rings is 1. The van der Waals surface area contributed by atoms with E-state index in [9.17, 15) is 8.78 Å². The van der Waals surface area contributed by atoms with Gasteiger partial charge in [0.05, 0.1) is 7.11 Å². The number of hydrogen-bond donors (Lipinski definition) is 1. The number of rotatable bonds is 5. The molecule has 0 spiro atoms. The van der Waals surface area contributed by atoms with E-state index in [-0.39, 0.29) is 11.8 Å². The minimum absolute atomic E-state index is 0.0753. The lowest BCUT2D eigenvalue weighted by Gasteiger charge is -2.36. The molecule has 0 amide bonds. The highest BCUT2D eigenvalue weighted by Gasteiger charge is 2.23. The highest BCUT2D eigenvalue weighted by atomic mass is 19.3. The second-order valence-corrected chi connectivity index (χ2v) is 5.47. The van der Waals surface area contributed by atoms with Gasteiger partial charge in [0.15, 0.2) is 11.5 Å². The number of methoxy groups -OCH3 is 1. The smallest absolute Gasteiger partial charge is 0.387 e. The SMILES string of the molecule is COc1ccc(CN2CCC(N)CC2C)cc1OC(F)F. The van der Waals surface area contributed by atoms with Gasteiger partial charge in [-0.2, -0.15) is 8.78 Å². The molecule has 0 aliphatic carbocycles. The number of piperidine rings is 1. The lowest BCUT2D eigenvalue weighted by Crippen LogP contribution is -2.44. The Morgan fingerprint density at radius 3 is 2.76 bits per heavy atom. The average Bonchev–Trinajstić information content (AvgIpc) is 2.42. The number of nitrogens with two attached hydrogens (primary N) is 1. The van der Waals surface area contributed by atoms with E-state index in [4.69, 9.17) is 10.5 Å². The Kier molecular flexibility index (Phi) is 5.36. The Morgan fingerprint density at radius 1 is 1.38 bits per heavy atom. The first kappa shape index (κ1) is 16.0. The summed E-state index contributed by atoms with van der Waals surface area (Å²) in [4.78, 5) is 2.30. The van der Waals surface area contributed by atoms with Crippen molar-refractivity contribution in [3.63, 3.8) is 0 Å². The van der Waals surface area contributed by atoms with Gasteiger partial charge in [-0.1, -0.05) is 6.07 Å². The van der Waals surface area contributed by atoms with Gasteiger partial charge in [0, 0.05) is 25.2 Å². The van der Waals surface area contributed by atoms with Crippen LogP contribution >= 0.6 is 0 Å². The van der Waals surface area contributed by atoms with Crippen molar-refractivity contribution in [1.29, 1.82) is 0 Å². The van der Waals surface area contributed by atoms with Crippen molar-refractivity contribution >= 4 is 0 Å². The van der Waals surface area contributed by atoms with Gasteiger partial charge in [-0.25, -0.2) is 0 Å². The third-order valence-corrected chi connectivity index (χ3v) is 3.88. The second kappa shape index (κ2) is 7.04. The second-order valence-electron chi connectivity index (χ2n) is 5.47. The van der Waals surface area contributed by atoms with Crippen molar-refractivity contribution in [3.8, 4) is 11.5 Å². The lowest BCUT2D eigenvalue weighted by molar-refractivity contribution is -0.0512. The fourth-order valence-corrected chi connectivity index (χ4v) is 2.73. The molecule has 0 saturated carbocycles. The molecule has 2 unspecified atom stereocenters. The molecular formula is C15H22F2N2O2. The number of hydrogen-bond acceptors (Lipinski definition) is 4. The molecule has 1 aromatic rings. The Bertz CT molecular complexity index is 471. The number of likely N-dealkylation sites (tertiary alicyclic amines) is 1. The van der Waals surface area contributed by atoms with Gasteiger partial charge < -0.3 is 15.2 Å². The molecule has 6 heteroatoms. The Morgan fingerprint density at radius 2 is 2.14 bits per heavy atom. The maximum absolute atomic E-state index is 12.4. The quantitative estimate of drug-likeness (QED) is 0.908. The van der Waals surface area contributed by atoms with Crippen LogP contribution in [-0.4, -0.2) is 37.2 Å². The minimum Gasteiger partial charge on any atom is -0.493 e. The summed E-state index contributed by atoms with van der Waals surface area (Å²) in [5.41, 5.74) is 6.88. The summed E-state index contributed by atoms with van der Waals surface area (Å²) in [6.45, 7) is 0.886. The Hall–Kier alpha value is -1.40. The minimum atomic E-state index is -2.86. The van der Waals surface area contributed by atoms with E-state index in [1.165, 1.54) is 7.11 Å². The molecule has 0 aromatic heterocycles. The normalized spacial score (nSPS) is 23.3. The van der Waals surface area contributed by atoms with E-state index in [1.807, 2.05) is 6.07 Å².